The molecule has 1 fully saturated rings. The van der Waals surface area contributed by atoms with Crippen LogP contribution in [0.1, 0.15) is 102 Å². The lowest BCUT2D eigenvalue weighted by Gasteiger charge is -2.20. The van der Waals surface area contributed by atoms with Crippen molar-refractivity contribution in [1.29, 1.82) is 0 Å². The number of phosphoric ester groups is 1. The molecule has 2 rings (SSSR count). The molecule has 11 nitrogen and oxygen atoms in total. The first-order valence-electron chi connectivity index (χ1n) is 15.5. The number of H-pyrrole nitrogens is 1. The molecule has 16 heteroatoms. The predicted molar refractivity (Wildman–Crippen MR) is 154 cm³/mol. The molecule has 1 aliphatic rings. The molecule has 0 radical (unpaired) electrons. The Morgan fingerprint density at radius 2 is 1.43 bits per heavy atom. The first kappa shape index (κ1) is 38.6. The molecule has 3 N–H and O–H groups in total. The molecule has 256 valence electrons. The first-order chi connectivity index (χ1) is 20.9. The number of hydrogen-bond acceptors (Lipinski definition) is 8. The van der Waals surface area contributed by atoms with Gasteiger partial charge in [0.2, 0.25) is 5.82 Å². The largest absolute Gasteiger partial charge is 0.472 e. The third-order valence-electron chi connectivity index (χ3n) is 7.42. The average molecular weight is 663 g/mol. The van der Waals surface area contributed by atoms with Crippen LogP contribution in [-0.4, -0.2) is 71.0 Å². The monoisotopic (exact) mass is 662 g/mol. The molecule has 0 bridgehead atoms. The topological polar surface area (TPSA) is 149 Å². The van der Waals surface area contributed by atoms with Crippen LogP contribution in [0.3, 0.4) is 0 Å². The van der Waals surface area contributed by atoms with Crippen LogP contribution in [0.15, 0.2) is 15.8 Å². The lowest BCUT2D eigenvalue weighted by molar-refractivity contribution is -0.135. The van der Waals surface area contributed by atoms with Crippen LogP contribution in [0, 0.1) is 5.82 Å². The van der Waals surface area contributed by atoms with E-state index in [2.05, 4.69) is 0 Å². The van der Waals surface area contributed by atoms with Crippen LogP contribution in [0.25, 0.3) is 0 Å². The highest BCUT2D eigenvalue weighted by Gasteiger charge is 2.39. The van der Waals surface area contributed by atoms with Gasteiger partial charge in [-0.05, 0) is 12.8 Å². The predicted octanol–water partition coefficient (Wildman–Crippen LogP) is 5.54. The molecule has 0 spiro atoms. The second kappa shape index (κ2) is 20.5. The summed E-state index contributed by atoms with van der Waals surface area (Å²) in [6.07, 6.45) is 7.34. The number of phosphoric acid groups is 1. The fourth-order valence-electron chi connectivity index (χ4n) is 4.94. The molecular formula is C28H47F4N2O9P. The molecule has 2 unspecified atom stereocenters. The summed E-state index contributed by atoms with van der Waals surface area (Å²) in [6, 6.07) is -1.03. The van der Waals surface area contributed by atoms with Gasteiger partial charge in [-0.3, -0.25) is 23.4 Å². The Morgan fingerprint density at radius 1 is 0.886 bits per heavy atom. The van der Waals surface area contributed by atoms with Crippen molar-refractivity contribution in [2.45, 2.75) is 121 Å². The van der Waals surface area contributed by atoms with Crippen LogP contribution in [-0.2, 0) is 23.1 Å². The second-order valence-corrected chi connectivity index (χ2v) is 12.6. The maximum Gasteiger partial charge on any atom is 0.472 e. The zero-order chi connectivity index (χ0) is 32.4. The lowest BCUT2D eigenvalue weighted by atomic mass is 10.0. The van der Waals surface area contributed by atoms with Gasteiger partial charge in [0.05, 0.1) is 38.7 Å². The summed E-state index contributed by atoms with van der Waals surface area (Å²) in [5.74, 6) is -1.21. The highest BCUT2D eigenvalue weighted by atomic mass is 31.2. The number of nitrogens with zero attached hydrogens (tertiary/aromatic N) is 1. The number of aliphatic hydroxyl groups is 1. The van der Waals surface area contributed by atoms with Gasteiger partial charge >= 0.3 is 19.7 Å². The SMILES string of the molecule is O=c1[nH]c(=O)n(C2CO[C@H](COP(=O)(O)OCCOCCCCCCCCCCCCCCCCC(F)(F)F)[C@H]2O)cc1F. The number of aromatic nitrogens is 2. The summed E-state index contributed by atoms with van der Waals surface area (Å²) >= 11 is 0. The number of unbranched alkanes of at least 4 members (excludes halogenated alkanes) is 13. The summed E-state index contributed by atoms with van der Waals surface area (Å²) in [7, 11) is -4.47. The third-order valence-corrected chi connectivity index (χ3v) is 8.41. The minimum atomic E-state index is -4.47. The molecule has 4 atom stereocenters. The average Bonchev–Trinajstić information content (AvgIpc) is 3.32. The summed E-state index contributed by atoms with van der Waals surface area (Å²) < 4.78 is 83.2. The number of hydrogen-bond donors (Lipinski definition) is 3. The van der Waals surface area contributed by atoms with Gasteiger partial charge in [-0.1, -0.05) is 77.0 Å². The van der Waals surface area contributed by atoms with Crippen LogP contribution < -0.4 is 11.2 Å². The Kier molecular flexibility index (Phi) is 18.0. The molecule has 1 aromatic rings. The van der Waals surface area contributed by atoms with Gasteiger partial charge in [0.1, 0.15) is 12.2 Å². The van der Waals surface area contributed by atoms with Gasteiger partial charge in [-0.15, -0.1) is 0 Å². The number of aromatic amines is 1. The molecule has 1 saturated heterocycles. The summed E-state index contributed by atoms with van der Waals surface area (Å²) in [4.78, 5) is 34.8. The highest BCUT2D eigenvalue weighted by Crippen LogP contribution is 2.43. The quantitative estimate of drug-likeness (QED) is 0.0737. The molecule has 1 aliphatic heterocycles. The van der Waals surface area contributed by atoms with Gasteiger partial charge in [0.15, 0.2) is 0 Å². The standard InChI is InChI=1S/C28H47F4N2O9P/c29-22-19-34(27(37)33-26(22)36)23-20-41-24(25(23)35)21-43-44(38,39)42-18-17-40-16-14-12-10-8-6-4-2-1-3-5-7-9-11-13-15-28(30,31)32/h19,23-25,35H,1-18,20-21H2,(H,38,39)(H,33,36,37)/t23?,24-,25+/m1/s1. The number of rotatable bonds is 24. The molecule has 44 heavy (non-hydrogen) atoms. The van der Waals surface area contributed by atoms with Crippen LogP contribution in [0.5, 0.6) is 0 Å². The van der Waals surface area contributed by atoms with Crippen molar-refractivity contribution in [2.75, 3.05) is 33.0 Å². The van der Waals surface area contributed by atoms with Crippen molar-refractivity contribution in [3.8, 4) is 0 Å². The Morgan fingerprint density at radius 3 is 2.00 bits per heavy atom. The maximum atomic E-state index is 13.6. The van der Waals surface area contributed by atoms with Crippen LogP contribution >= 0.6 is 7.82 Å². The molecule has 1 aromatic heterocycles. The minimum Gasteiger partial charge on any atom is -0.388 e. The number of halogens is 4. The van der Waals surface area contributed by atoms with E-state index in [-0.39, 0.29) is 26.2 Å². The molecule has 0 amide bonds. The second-order valence-electron chi connectivity index (χ2n) is 11.1. The first-order valence-corrected chi connectivity index (χ1v) is 17.0. The molecule has 0 aromatic carbocycles. The highest BCUT2D eigenvalue weighted by molar-refractivity contribution is 7.47. The van der Waals surface area contributed by atoms with Crippen molar-refractivity contribution in [3.05, 3.63) is 32.9 Å². The van der Waals surface area contributed by atoms with E-state index in [0.29, 0.717) is 19.2 Å². The van der Waals surface area contributed by atoms with Gasteiger partial charge < -0.3 is 19.5 Å². The smallest absolute Gasteiger partial charge is 0.388 e. The van der Waals surface area contributed by atoms with Crippen molar-refractivity contribution in [2.24, 2.45) is 0 Å². The zero-order valence-electron chi connectivity index (χ0n) is 25.1. The molecule has 2 heterocycles. The fourth-order valence-corrected chi connectivity index (χ4v) is 5.65. The summed E-state index contributed by atoms with van der Waals surface area (Å²) in [5.41, 5.74) is -2.12. The van der Waals surface area contributed by atoms with Crippen molar-refractivity contribution >= 4 is 7.82 Å². The Hall–Kier alpha value is -1.61. The van der Waals surface area contributed by atoms with E-state index in [4.69, 9.17) is 18.5 Å². The fraction of sp³-hybridized carbons (Fsp3) is 0.857. The Labute approximate surface area is 254 Å². The zero-order valence-corrected chi connectivity index (χ0v) is 26.0. The third kappa shape index (κ3) is 16.1. The number of nitrogens with one attached hydrogen (secondary N) is 1. The van der Waals surface area contributed by atoms with Crippen LogP contribution in [0.2, 0.25) is 0 Å². The molecule has 0 aliphatic carbocycles. The van der Waals surface area contributed by atoms with Crippen molar-refractivity contribution < 1.29 is 50.6 Å². The van der Waals surface area contributed by atoms with Gasteiger partial charge in [-0.25, -0.2) is 9.36 Å². The normalized spacial score (nSPS) is 20.3. The maximum absolute atomic E-state index is 13.6. The van der Waals surface area contributed by atoms with E-state index < -0.39 is 62.3 Å². The van der Waals surface area contributed by atoms with E-state index in [1.807, 2.05) is 0 Å². The minimum absolute atomic E-state index is 0.0901. The molecule has 0 saturated carbocycles. The number of alkyl halides is 3. The lowest BCUT2D eigenvalue weighted by Crippen LogP contribution is -2.39. The number of aliphatic hydroxyl groups excluding tert-OH is 1. The van der Waals surface area contributed by atoms with Crippen molar-refractivity contribution in [1.82, 2.24) is 9.55 Å². The van der Waals surface area contributed by atoms with E-state index in [1.165, 1.54) is 25.7 Å². The van der Waals surface area contributed by atoms with E-state index in [0.717, 1.165) is 55.9 Å². The van der Waals surface area contributed by atoms with Gasteiger partial charge in [0.25, 0.3) is 5.56 Å². The summed E-state index contributed by atoms with van der Waals surface area (Å²) in [6.45, 7) is -0.343. The Bertz CT molecular complexity index is 1100. The van der Waals surface area contributed by atoms with Gasteiger partial charge in [-0.2, -0.15) is 17.6 Å². The van der Waals surface area contributed by atoms with Gasteiger partial charge in [0, 0.05) is 13.0 Å². The van der Waals surface area contributed by atoms with E-state index in [9.17, 15) is 41.7 Å². The summed E-state index contributed by atoms with van der Waals surface area (Å²) in [5, 5.41) is 10.4. The van der Waals surface area contributed by atoms with E-state index >= 15 is 0 Å². The Balaban J connectivity index is 1.39. The van der Waals surface area contributed by atoms with Crippen molar-refractivity contribution in [3.63, 3.8) is 0 Å². The number of ether oxygens (including phenoxy) is 2. The molecular weight excluding hydrogens is 615 g/mol. The van der Waals surface area contributed by atoms with Crippen LogP contribution in [0.4, 0.5) is 17.6 Å². The van der Waals surface area contributed by atoms with E-state index in [1.54, 1.807) is 4.98 Å².